The Labute approximate surface area is 264 Å². The van der Waals surface area contributed by atoms with Crippen molar-refractivity contribution in [2.24, 2.45) is 0 Å². The first-order valence-electron chi connectivity index (χ1n) is 13.9. The monoisotopic (exact) mass is 610 g/mol. The maximum absolute atomic E-state index is 12.2. The van der Waals surface area contributed by atoms with Gasteiger partial charge in [-0.15, -0.1) is 0 Å². The third kappa shape index (κ3) is 6.57. The molecule has 5 rings (SSSR count). The van der Waals surface area contributed by atoms with Crippen molar-refractivity contribution in [3.63, 3.8) is 0 Å². The van der Waals surface area contributed by atoms with Gasteiger partial charge in [0.05, 0.1) is 50.7 Å². The van der Waals surface area contributed by atoms with Crippen LogP contribution in [0.2, 0.25) is 0 Å². The molecule has 226 valence electrons. The fraction of sp³-hybridized carbons (Fsp3) is 0.105. The van der Waals surface area contributed by atoms with E-state index in [1.54, 1.807) is 24.3 Å². The van der Waals surface area contributed by atoms with Crippen LogP contribution in [-0.2, 0) is 18.9 Å². The molecular weight excluding hydrogens is 584 g/mol. The molecule has 46 heavy (non-hydrogen) atoms. The normalized spacial score (nSPS) is 10.2. The molecule has 0 saturated carbocycles. The fourth-order valence-corrected chi connectivity index (χ4v) is 4.89. The first kappa shape index (κ1) is 31.1. The third-order valence-electron chi connectivity index (χ3n) is 7.11. The van der Waals surface area contributed by atoms with Gasteiger partial charge in [0.15, 0.2) is 0 Å². The maximum Gasteiger partial charge on any atom is 0.337 e. The molecule has 8 heteroatoms. The largest absolute Gasteiger partial charge is 0.465 e. The molecule has 0 aliphatic carbocycles. The average molecular weight is 611 g/mol. The first-order valence-corrected chi connectivity index (χ1v) is 13.9. The van der Waals surface area contributed by atoms with E-state index in [0.717, 1.165) is 32.7 Å². The molecule has 0 aliphatic rings. The number of fused-ring (bicyclic) bond motifs is 2. The van der Waals surface area contributed by atoms with Crippen LogP contribution in [0, 0.1) is 23.7 Å². The van der Waals surface area contributed by atoms with E-state index in [4.69, 9.17) is 18.9 Å². The van der Waals surface area contributed by atoms with E-state index >= 15 is 0 Å². The Morgan fingerprint density at radius 1 is 0.435 bits per heavy atom. The van der Waals surface area contributed by atoms with Crippen LogP contribution >= 0.6 is 0 Å². The lowest BCUT2D eigenvalue weighted by Crippen LogP contribution is -2.07. The van der Waals surface area contributed by atoms with Crippen LogP contribution in [-0.4, -0.2) is 52.3 Å². The van der Waals surface area contributed by atoms with E-state index < -0.39 is 23.9 Å². The van der Waals surface area contributed by atoms with E-state index in [2.05, 4.69) is 23.7 Å². The molecule has 0 spiro atoms. The molecular formula is C38H26O8. The third-order valence-corrected chi connectivity index (χ3v) is 7.11. The van der Waals surface area contributed by atoms with Crippen molar-refractivity contribution in [3.8, 4) is 23.7 Å². The maximum atomic E-state index is 12.2. The number of benzene rings is 5. The van der Waals surface area contributed by atoms with Crippen LogP contribution in [0.25, 0.3) is 21.5 Å². The van der Waals surface area contributed by atoms with Crippen LogP contribution in [0.15, 0.2) is 84.9 Å². The van der Waals surface area contributed by atoms with Gasteiger partial charge in [0, 0.05) is 22.3 Å². The molecule has 0 unspecified atom stereocenters. The zero-order valence-corrected chi connectivity index (χ0v) is 25.3. The molecule has 0 bridgehead atoms. The second-order valence-corrected chi connectivity index (χ2v) is 9.97. The molecule has 0 aromatic heterocycles. The molecule has 0 saturated heterocycles. The molecule has 0 fully saturated rings. The number of methoxy groups -OCH3 is 4. The number of carbonyl (C=O) groups excluding carboxylic acids is 4. The molecule has 0 radical (unpaired) electrons. The van der Waals surface area contributed by atoms with Gasteiger partial charge in [-0.05, 0) is 82.2 Å². The van der Waals surface area contributed by atoms with E-state index in [0.29, 0.717) is 11.1 Å². The summed E-state index contributed by atoms with van der Waals surface area (Å²) in [6.07, 6.45) is 0. The van der Waals surface area contributed by atoms with Gasteiger partial charge in [-0.25, -0.2) is 19.2 Å². The lowest BCUT2D eigenvalue weighted by molar-refractivity contribution is 0.0581. The lowest BCUT2D eigenvalue weighted by atomic mass is 9.96. The summed E-state index contributed by atoms with van der Waals surface area (Å²) in [5, 5.41) is 3.65. The van der Waals surface area contributed by atoms with E-state index in [1.807, 2.05) is 48.5 Å². The van der Waals surface area contributed by atoms with Gasteiger partial charge < -0.3 is 18.9 Å². The zero-order valence-electron chi connectivity index (χ0n) is 25.3. The molecule has 0 amide bonds. The van der Waals surface area contributed by atoms with Crippen molar-refractivity contribution in [2.45, 2.75) is 0 Å². The van der Waals surface area contributed by atoms with Gasteiger partial charge in [0.2, 0.25) is 0 Å². The van der Waals surface area contributed by atoms with Crippen LogP contribution < -0.4 is 0 Å². The number of ether oxygens (including phenoxy) is 4. The van der Waals surface area contributed by atoms with Crippen molar-refractivity contribution in [3.05, 3.63) is 129 Å². The average Bonchev–Trinajstić information content (AvgIpc) is 3.10. The predicted octanol–water partition coefficient (Wildman–Crippen LogP) is 5.94. The summed E-state index contributed by atoms with van der Waals surface area (Å²) in [6, 6.07) is 24.6. The summed E-state index contributed by atoms with van der Waals surface area (Å²) in [5.41, 5.74) is 3.03. The minimum absolute atomic E-state index is 0.178. The van der Waals surface area contributed by atoms with Gasteiger partial charge in [-0.1, -0.05) is 47.9 Å². The SMILES string of the molecule is COC(=O)c1cc(C#Cc2cccc3cc4cccc(C#Cc5cc(C(=O)OC)cc(C(=O)OC)c5)c4cc23)cc(C(=O)OC)c1. The van der Waals surface area contributed by atoms with Crippen LogP contribution in [0.3, 0.4) is 0 Å². The Morgan fingerprint density at radius 2 is 0.783 bits per heavy atom. The van der Waals surface area contributed by atoms with Gasteiger partial charge in [-0.3, -0.25) is 0 Å². The zero-order chi connectivity index (χ0) is 32.8. The topological polar surface area (TPSA) is 105 Å². The molecule has 0 atom stereocenters. The first-order chi connectivity index (χ1) is 22.2. The summed E-state index contributed by atoms with van der Waals surface area (Å²) in [6.45, 7) is 0. The number of hydrogen-bond donors (Lipinski definition) is 0. The second kappa shape index (κ2) is 13.5. The van der Waals surface area contributed by atoms with Crippen molar-refractivity contribution in [2.75, 3.05) is 28.4 Å². The minimum Gasteiger partial charge on any atom is -0.465 e. The smallest absolute Gasteiger partial charge is 0.337 e. The van der Waals surface area contributed by atoms with Crippen LogP contribution in [0.1, 0.15) is 63.7 Å². The highest BCUT2D eigenvalue weighted by atomic mass is 16.5. The standard InChI is InChI=1S/C38H26O8/c1-43-35(39)29-15-23(16-30(20-29)36(40)44-2)11-13-25-7-5-9-27-19-28-10-6-8-26(34(28)22-33(25)27)14-12-24-17-31(37(41)45-3)21-32(18-24)38(42)46-4/h5-10,15-22H,1-4H3. The van der Waals surface area contributed by atoms with Crippen molar-refractivity contribution < 1.29 is 38.1 Å². The summed E-state index contributed by atoms with van der Waals surface area (Å²) in [4.78, 5) is 48.9. The fourth-order valence-electron chi connectivity index (χ4n) is 4.89. The minimum atomic E-state index is -0.599. The van der Waals surface area contributed by atoms with Crippen LogP contribution in [0.4, 0.5) is 0 Å². The van der Waals surface area contributed by atoms with Gasteiger partial charge in [-0.2, -0.15) is 0 Å². The summed E-state index contributed by atoms with van der Waals surface area (Å²) in [7, 11) is 5.04. The number of rotatable bonds is 4. The Morgan fingerprint density at radius 3 is 1.11 bits per heavy atom. The summed E-state index contributed by atoms with van der Waals surface area (Å²) >= 11 is 0. The summed E-state index contributed by atoms with van der Waals surface area (Å²) in [5.74, 6) is 10.1. The lowest BCUT2D eigenvalue weighted by Gasteiger charge is -2.07. The number of esters is 4. The molecule has 5 aromatic rings. The Balaban J connectivity index is 1.61. The molecule has 0 aliphatic heterocycles. The molecule has 0 N–H and O–H groups in total. The van der Waals surface area contributed by atoms with Crippen molar-refractivity contribution in [1.82, 2.24) is 0 Å². The van der Waals surface area contributed by atoms with E-state index in [1.165, 1.54) is 40.6 Å². The second-order valence-electron chi connectivity index (χ2n) is 9.97. The predicted molar refractivity (Wildman–Crippen MR) is 172 cm³/mol. The van der Waals surface area contributed by atoms with Gasteiger partial charge in [0.25, 0.3) is 0 Å². The van der Waals surface area contributed by atoms with Crippen LogP contribution in [0.5, 0.6) is 0 Å². The van der Waals surface area contributed by atoms with Crippen molar-refractivity contribution in [1.29, 1.82) is 0 Å². The van der Waals surface area contributed by atoms with Gasteiger partial charge in [0.1, 0.15) is 0 Å². The molecule has 8 nitrogen and oxygen atoms in total. The highest BCUT2D eigenvalue weighted by molar-refractivity contribution is 6.03. The molecule has 5 aromatic carbocycles. The Kier molecular flexibility index (Phi) is 9.12. The van der Waals surface area contributed by atoms with E-state index in [9.17, 15) is 19.2 Å². The van der Waals surface area contributed by atoms with Crippen molar-refractivity contribution >= 4 is 45.4 Å². The number of carbonyl (C=O) groups is 4. The summed E-state index contributed by atoms with van der Waals surface area (Å²) < 4.78 is 19.3. The highest BCUT2D eigenvalue weighted by Gasteiger charge is 2.15. The Hall–Kier alpha value is -6.38. The molecule has 0 heterocycles. The van der Waals surface area contributed by atoms with Gasteiger partial charge >= 0.3 is 23.9 Å². The quantitative estimate of drug-likeness (QED) is 0.107. The number of hydrogen-bond acceptors (Lipinski definition) is 8. The van der Waals surface area contributed by atoms with E-state index in [-0.39, 0.29) is 22.3 Å². The highest BCUT2D eigenvalue weighted by Crippen LogP contribution is 2.28. The Bertz CT molecular complexity index is 1970.